The van der Waals surface area contributed by atoms with Crippen molar-refractivity contribution in [2.24, 2.45) is 0 Å². The molecular formula is C21H26F3N5S. The zero-order valence-electron chi connectivity index (χ0n) is 16.9. The first kappa shape index (κ1) is 20.2. The van der Waals surface area contributed by atoms with Crippen LogP contribution in [-0.2, 0) is 25.6 Å². The minimum atomic E-state index is -4.44. The summed E-state index contributed by atoms with van der Waals surface area (Å²) in [6.07, 6.45) is 5.34. The van der Waals surface area contributed by atoms with Gasteiger partial charge in [0.15, 0.2) is 0 Å². The Morgan fingerprint density at radius 1 is 1.03 bits per heavy atom. The van der Waals surface area contributed by atoms with Gasteiger partial charge in [-0.15, -0.1) is 11.3 Å². The first-order chi connectivity index (χ1) is 14.5. The Balaban J connectivity index is 1.24. The summed E-state index contributed by atoms with van der Waals surface area (Å²) in [7, 11) is 0. The van der Waals surface area contributed by atoms with Crippen molar-refractivity contribution in [1.82, 2.24) is 19.9 Å². The van der Waals surface area contributed by atoms with E-state index in [0.29, 0.717) is 11.9 Å². The molecule has 0 bridgehead atoms. The quantitative estimate of drug-likeness (QED) is 0.691. The van der Waals surface area contributed by atoms with Crippen LogP contribution in [0.3, 0.4) is 0 Å². The number of rotatable bonds is 5. The van der Waals surface area contributed by atoms with Crippen molar-refractivity contribution in [3.05, 3.63) is 33.7 Å². The molecule has 0 amide bonds. The fraction of sp³-hybridized carbons (Fsp3) is 0.667. The SMILES string of the molecule is FC(F)(F)c1cc(N(C2CC2)C2CCN(Cc3nc4c(s3)CCCC4)CC2)ncn1. The third kappa shape index (κ3) is 4.32. The fourth-order valence-corrected chi connectivity index (χ4v) is 5.89. The molecule has 1 aliphatic heterocycles. The fourth-order valence-electron chi connectivity index (χ4n) is 4.69. The second-order valence-corrected chi connectivity index (χ2v) is 9.76. The van der Waals surface area contributed by atoms with Crippen molar-refractivity contribution in [3.8, 4) is 0 Å². The standard InChI is InChI=1S/C21H26F3N5S/c22-21(23,24)18-11-19(26-13-25-18)29(14-5-6-14)15-7-9-28(10-8-15)12-20-27-16-3-1-2-4-17(16)30-20/h11,13-15H,1-10,12H2. The number of aromatic nitrogens is 3. The Hall–Kier alpha value is -1.74. The second-order valence-electron chi connectivity index (χ2n) is 8.59. The predicted octanol–water partition coefficient (Wildman–Crippen LogP) is 4.46. The van der Waals surface area contributed by atoms with Gasteiger partial charge in [-0.25, -0.2) is 15.0 Å². The van der Waals surface area contributed by atoms with E-state index in [1.807, 2.05) is 11.3 Å². The van der Waals surface area contributed by atoms with E-state index in [1.165, 1.54) is 34.8 Å². The van der Waals surface area contributed by atoms with Crippen molar-refractivity contribution >= 4 is 17.2 Å². The molecule has 3 heterocycles. The zero-order valence-corrected chi connectivity index (χ0v) is 17.7. The summed E-state index contributed by atoms with van der Waals surface area (Å²) < 4.78 is 39.3. The van der Waals surface area contributed by atoms with E-state index in [2.05, 4.69) is 19.8 Å². The normalized spacial score (nSPS) is 20.9. The van der Waals surface area contributed by atoms with E-state index in [1.54, 1.807) is 0 Å². The highest BCUT2D eigenvalue weighted by Gasteiger charge is 2.39. The molecule has 0 atom stereocenters. The van der Waals surface area contributed by atoms with Gasteiger partial charge in [0.2, 0.25) is 0 Å². The van der Waals surface area contributed by atoms with Crippen LogP contribution in [0.4, 0.5) is 19.0 Å². The van der Waals surface area contributed by atoms with Gasteiger partial charge in [0, 0.05) is 36.1 Å². The van der Waals surface area contributed by atoms with Crippen molar-refractivity contribution < 1.29 is 13.2 Å². The largest absolute Gasteiger partial charge is 0.433 e. The summed E-state index contributed by atoms with van der Waals surface area (Å²) in [5, 5.41) is 1.21. The summed E-state index contributed by atoms with van der Waals surface area (Å²) in [6.45, 7) is 2.77. The van der Waals surface area contributed by atoms with Gasteiger partial charge in [-0.2, -0.15) is 13.2 Å². The lowest BCUT2D eigenvalue weighted by molar-refractivity contribution is -0.141. The van der Waals surface area contributed by atoms with E-state index in [4.69, 9.17) is 4.98 Å². The monoisotopic (exact) mass is 437 g/mol. The molecule has 1 saturated heterocycles. The zero-order chi connectivity index (χ0) is 20.7. The Bertz CT molecular complexity index is 864. The third-order valence-corrected chi connectivity index (χ3v) is 7.49. The average Bonchev–Trinajstić information content (AvgIpc) is 3.47. The van der Waals surface area contributed by atoms with Crippen LogP contribution < -0.4 is 4.90 Å². The van der Waals surface area contributed by atoms with Gasteiger partial charge < -0.3 is 4.90 Å². The van der Waals surface area contributed by atoms with Crippen LogP contribution in [0.1, 0.15) is 59.8 Å². The van der Waals surface area contributed by atoms with Crippen LogP contribution in [-0.4, -0.2) is 45.0 Å². The number of halogens is 3. The number of nitrogens with zero attached hydrogens (tertiary/aromatic N) is 5. The molecule has 2 aromatic rings. The maximum Gasteiger partial charge on any atom is 0.433 e. The highest BCUT2D eigenvalue weighted by Crippen LogP contribution is 2.37. The number of likely N-dealkylation sites (tertiary alicyclic amines) is 1. The molecule has 2 aromatic heterocycles. The Morgan fingerprint density at radius 2 is 1.77 bits per heavy atom. The molecular weight excluding hydrogens is 411 g/mol. The summed E-state index contributed by atoms with van der Waals surface area (Å²) in [5.74, 6) is 0.422. The predicted molar refractivity (Wildman–Crippen MR) is 110 cm³/mol. The first-order valence-corrected chi connectivity index (χ1v) is 11.7. The highest BCUT2D eigenvalue weighted by atomic mass is 32.1. The van der Waals surface area contributed by atoms with Crippen LogP contribution in [0.15, 0.2) is 12.4 Å². The lowest BCUT2D eigenvalue weighted by Gasteiger charge is -2.39. The van der Waals surface area contributed by atoms with Crippen LogP contribution in [0.25, 0.3) is 0 Å². The van der Waals surface area contributed by atoms with E-state index >= 15 is 0 Å². The molecule has 2 aliphatic carbocycles. The summed E-state index contributed by atoms with van der Waals surface area (Å²) in [5.41, 5.74) is 0.448. The number of anilines is 1. The molecule has 0 radical (unpaired) electrons. The molecule has 2 fully saturated rings. The van der Waals surface area contributed by atoms with Crippen molar-refractivity contribution in [2.75, 3.05) is 18.0 Å². The lowest BCUT2D eigenvalue weighted by atomic mass is 10.0. The van der Waals surface area contributed by atoms with Crippen LogP contribution in [0.2, 0.25) is 0 Å². The van der Waals surface area contributed by atoms with E-state index in [0.717, 1.165) is 64.1 Å². The van der Waals surface area contributed by atoms with Crippen LogP contribution in [0, 0.1) is 0 Å². The molecule has 9 heteroatoms. The third-order valence-electron chi connectivity index (χ3n) is 6.35. The van der Waals surface area contributed by atoms with Gasteiger partial charge in [0.25, 0.3) is 0 Å². The Labute approximate surface area is 178 Å². The van der Waals surface area contributed by atoms with Crippen LogP contribution >= 0.6 is 11.3 Å². The topological polar surface area (TPSA) is 45.2 Å². The van der Waals surface area contributed by atoms with Gasteiger partial charge in [-0.3, -0.25) is 4.90 Å². The van der Waals surface area contributed by atoms with Crippen molar-refractivity contribution in [2.45, 2.75) is 76.2 Å². The van der Waals surface area contributed by atoms with Gasteiger partial charge >= 0.3 is 6.18 Å². The lowest BCUT2D eigenvalue weighted by Crippen LogP contribution is -2.46. The second kappa shape index (κ2) is 8.07. The smallest absolute Gasteiger partial charge is 0.350 e. The minimum absolute atomic E-state index is 0.231. The Morgan fingerprint density at radius 3 is 2.47 bits per heavy atom. The van der Waals surface area contributed by atoms with E-state index < -0.39 is 11.9 Å². The molecule has 0 aromatic carbocycles. The molecule has 5 nitrogen and oxygen atoms in total. The molecule has 0 spiro atoms. The number of aryl methyl sites for hydroxylation is 2. The van der Waals surface area contributed by atoms with Gasteiger partial charge in [-0.05, 0) is 51.4 Å². The number of thiazole rings is 1. The first-order valence-electron chi connectivity index (χ1n) is 10.8. The molecule has 1 saturated carbocycles. The van der Waals surface area contributed by atoms with Gasteiger partial charge in [0.1, 0.15) is 22.8 Å². The number of alkyl halides is 3. The summed E-state index contributed by atoms with van der Waals surface area (Å²) in [4.78, 5) is 18.5. The molecule has 162 valence electrons. The molecule has 3 aliphatic rings. The summed E-state index contributed by atoms with van der Waals surface area (Å²) >= 11 is 1.87. The van der Waals surface area contributed by atoms with Crippen molar-refractivity contribution in [3.63, 3.8) is 0 Å². The summed E-state index contributed by atoms with van der Waals surface area (Å²) in [6, 6.07) is 1.66. The number of piperidine rings is 1. The van der Waals surface area contributed by atoms with Gasteiger partial charge in [-0.1, -0.05) is 0 Å². The highest BCUT2D eigenvalue weighted by molar-refractivity contribution is 7.11. The number of hydrogen-bond acceptors (Lipinski definition) is 6. The van der Waals surface area contributed by atoms with Crippen molar-refractivity contribution in [1.29, 1.82) is 0 Å². The minimum Gasteiger partial charge on any atom is -0.350 e. The molecule has 30 heavy (non-hydrogen) atoms. The maximum atomic E-state index is 13.1. The number of fused-ring (bicyclic) bond motifs is 1. The maximum absolute atomic E-state index is 13.1. The molecule has 0 N–H and O–H groups in total. The Kier molecular flexibility index (Phi) is 5.43. The number of hydrogen-bond donors (Lipinski definition) is 0. The van der Waals surface area contributed by atoms with E-state index in [-0.39, 0.29) is 6.04 Å². The average molecular weight is 438 g/mol. The molecule has 0 unspecified atom stereocenters. The molecule has 5 rings (SSSR count). The van der Waals surface area contributed by atoms with Gasteiger partial charge in [0.05, 0.1) is 12.2 Å². The van der Waals surface area contributed by atoms with Crippen LogP contribution in [0.5, 0.6) is 0 Å². The van der Waals surface area contributed by atoms with E-state index in [9.17, 15) is 13.2 Å².